The zero-order chi connectivity index (χ0) is 14.5. The summed E-state index contributed by atoms with van der Waals surface area (Å²) >= 11 is 5.89. The van der Waals surface area contributed by atoms with Crippen molar-refractivity contribution in [3.05, 3.63) is 53.6 Å². The molecule has 1 aromatic carbocycles. The molecule has 0 fully saturated rings. The number of hydrogen-bond donors (Lipinski definition) is 0. The van der Waals surface area contributed by atoms with Crippen molar-refractivity contribution >= 4 is 29.1 Å². The van der Waals surface area contributed by atoms with E-state index in [0.29, 0.717) is 16.2 Å². The smallest absolute Gasteiger partial charge is 0.339 e. The minimum atomic E-state index is -0.565. The van der Waals surface area contributed by atoms with E-state index >= 15 is 0 Å². The van der Waals surface area contributed by atoms with Crippen LogP contribution in [0.3, 0.4) is 0 Å². The van der Waals surface area contributed by atoms with E-state index in [9.17, 15) is 9.59 Å². The lowest BCUT2D eigenvalue weighted by atomic mass is 10.1. The van der Waals surface area contributed by atoms with Gasteiger partial charge in [0, 0.05) is 5.02 Å². The zero-order valence-electron chi connectivity index (χ0n) is 10.7. The Labute approximate surface area is 121 Å². The third-order valence-electron chi connectivity index (χ3n) is 2.69. The van der Waals surface area contributed by atoms with Crippen LogP contribution in [0.2, 0.25) is 5.02 Å². The molecule has 1 unspecified atom stereocenters. The lowest BCUT2D eigenvalue weighted by Gasteiger charge is -2.08. The largest absolute Gasteiger partial charge is 0.461 e. The second-order valence-corrected chi connectivity index (χ2v) is 4.65. The number of halogens is 1. The Morgan fingerprint density at radius 2 is 2.30 bits per heavy atom. The SMILES string of the molecule is C=CCC(=O)OCC1C=C(c2cccc(Cl)c2)C(=O)O1. The van der Waals surface area contributed by atoms with E-state index < -0.39 is 18.0 Å². The molecule has 1 aromatic rings. The number of benzene rings is 1. The van der Waals surface area contributed by atoms with Crippen LogP contribution in [-0.2, 0) is 19.1 Å². The van der Waals surface area contributed by atoms with Crippen molar-refractivity contribution in [2.75, 3.05) is 6.61 Å². The fourth-order valence-electron chi connectivity index (χ4n) is 1.79. The molecule has 1 heterocycles. The van der Waals surface area contributed by atoms with Crippen molar-refractivity contribution in [1.29, 1.82) is 0 Å². The van der Waals surface area contributed by atoms with Gasteiger partial charge in [0.05, 0.1) is 12.0 Å². The predicted molar refractivity (Wildman–Crippen MR) is 75.1 cm³/mol. The van der Waals surface area contributed by atoms with Gasteiger partial charge in [-0.15, -0.1) is 6.58 Å². The molecule has 0 saturated carbocycles. The van der Waals surface area contributed by atoms with Crippen LogP contribution in [0, 0.1) is 0 Å². The molecule has 1 atom stereocenters. The maximum Gasteiger partial charge on any atom is 0.339 e. The first-order chi connectivity index (χ1) is 9.60. The number of cyclic esters (lactones) is 1. The number of carbonyl (C=O) groups excluding carboxylic acids is 2. The van der Waals surface area contributed by atoms with Crippen molar-refractivity contribution in [1.82, 2.24) is 0 Å². The maximum atomic E-state index is 11.8. The summed E-state index contributed by atoms with van der Waals surface area (Å²) < 4.78 is 10.1. The summed E-state index contributed by atoms with van der Waals surface area (Å²) in [6.45, 7) is 3.44. The minimum Gasteiger partial charge on any atom is -0.461 e. The summed E-state index contributed by atoms with van der Waals surface area (Å²) in [7, 11) is 0. The molecule has 0 saturated heterocycles. The first kappa shape index (κ1) is 14.3. The topological polar surface area (TPSA) is 52.6 Å². The average Bonchev–Trinajstić information content (AvgIpc) is 2.78. The molecule has 1 aliphatic heterocycles. The monoisotopic (exact) mass is 292 g/mol. The Balaban J connectivity index is 2.04. The molecule has 2 rings (SSSR count). The summed E-state index contributed by atoms with van der Waals surface area (Å²) in [4.78, 5) is 23.0. The molecule has 0 N–H and O–H groups in total. The zero-order valence-corrected chi connectivity index (χ0v) is 11.4. The Morgan fingerprint density at radius 3 is 3.00 bits per heavy atom. The molecule has 5 heteroatoms. The van der Waals surface area contributed by atoms with E-state index in [1.54, 1.807) is 30.3 Å². The fourth-order valence-corrected chi connectivity index (χ4v) is 1.98. The Bertz CT molecular complexity index is 577. The number of esters is 2. The molecule has 0 radical (unpaired) electrons. The van der Waals surface area contributed by atoms with Gasteiger partial charge in [-0.2, -0.15) is 0 Å². The lowest BCUT2D eigenvalue weighted by molar-refractivity contribution is -0.150. The molecule has 1 aliphatic rings. The van der Waals surface area contributed by atoms with Crippen LogP contribution in [0.5, 0.6) is 0 Å². The molecule has 0 aromatic heterocycles. The Hall–Kier alpha value is -2.07. The summed E-state index contributed by atoms with van der Waals surface area (Å²) in [5, 5.41) is 0.539. The van der Waals surface area contributed by atoms with Crippen molar-refractivity contribution in [3.63, 3.8) is 0 Å². The van der Waals surface area contributed by atoms with Crippen LogP contribution in [-0.4, -0.2) is 24.6 Å². The highest BCUT2D eigenvalue weighted by Crippen LogP contribution is 2.26. The van der Waals surface area contributed by atoms with E-state index in [2.05, 4.69) is 6.58 Å². The average molecular weight is 293 g/mol. The summed E-state index contributed by atoms with van der Waals surface area (Å²) in [5.41, 5.74) is 1.11. The van der Waals surface area contributed by atoms with E-state index in [4.69, 9.17) is 21.1 Å². The molecule has 0 aliphatic carbocycles. The first-order valence-corrected chi connectivity index (χ1v) is 6.43. The molecule has 20 heavy (non-hydrogen) atoms. The third-order valence-corrected chi connectivity index (χ3v) is 2.92. The van der Waals surface area contributed by atoms with E-state index in [1.807, 2.05) is 0 Å². The second kappa shape index (κ2) is 6.39. The molecule has 0 amide bonds. The van der Waals surface area contributed by atoms with Crippen molar-refractivity contribution in [2.24, 2.45) is 0 Å². The number of hydrogen-bond acceptors (Lipinski definition) is 4. The summed E-state index contributed by atoms with van der Waals surface area (Å²) in [6, 6.07) is 6.93. The van der Waals surface area contributed by atoms with Crippen molar-refractivity contribution in [3.8, 4) is 0 Å². The van der Waals surface area contributed by atoms with Crippen molar-refractivity contribution in [2.45, 2.75) is 12.5 Å². The normalized spacial score (nSPS) is 17.4. The van der Waals surface area contributed by atoms with Gasteiger partial charge in [0.15, 0.2) is 6.10 Å². The molecule has 4 nitrogen and oxygen atoms in total. The summed E-state index contributed by atoms with van der Waals surface area (Å²) in [5.74, 6) is -0.849. The van der Waals surface area contributed by atoms with Crippen LogP contribution in [0.1, 0.15) is 12.0 Å². The lowest BCUT2D eigenvalue weighted by Crippen LogP contribution is -2.18. The number of carbonyl (C=O) groups is 2. The van der Waals surface area contributed by atoms with Gasteiger partial charge in [-0.25, -0.2) is 4.79 Å². The first-order valence-electron chi connectivity index (χ1n) is 6.05. The predicted octanol–water partition coefficient (Wildman–Crippen LogP) is 2.77. The van der Waals surface area contributed by atoms with E-state index in [0.717, 1.165) is 0 Å². The molecular weight excluding hydrogens is 280 g/mol. The molecular formula is C15H13ClO4. The number of ether oxygens (including phenoxy) is 2. The van der Waals surface area contributed by atoms with Crippen molar-refractivity contribution < 1.29 is 19.1 Å². The number of rotatable bonds is 5. The standard InChI is InChI=1S/C15H13ClO4/c1-2-4-14(17)19-9-12-8-13(15(18)20-12)10-5-3-6-11(16)7-10/h2-3,5-8,12H,1,4,9H2. The highest BCUT2D eigenvalue weighted by molar-refractivity contribution is 6.31. The van der Waals surface area contributed by atoms with Crippen LogP contribution in [0.25, 0.3) is 5.57 Å². The van der Waals surface area contributed by atoms with Crippen LogP contribution in [0.15, 0.2) is 43.0 Å². The van der Waals surface area contributed by atoms with Gasteiger partial charge in [-0.3, -0.25) is 4.79 Å². The second-order valence-electron chi connectivity index (χ2n) is 4.21. The Kier molecular flexibility index (Phi) is 4.58. The van der Waals surface area contributed by atoms with Gasteiger partial charge in [0.2, 0.25) is 0 Å². The van der Waals surface area contributed by atoms with Crippen LogP contribution < -0.4 is 0 Å². The van der Waals surface area contributed by atoms with Gasteiger partial charge >= 0.3 is 11.9 Å². The van der Waals surface area contributed by atoms with Gasteiger partial charge in [-0.1, -0.05) is 29.8 Å². The highest BCUT2D eigenvalue weighted by atomic mass is 35.5. The van der Waals surface area contributed by atoms with Gasteiger partial charge in [0.1, 0.15) is 6.61 Å². The van der Waals surface area contributed by atoms with E-state index in [-0.39, 0.29) is 13.0 Å². The van der Waals surface area contributed by atoms with E-state index in [1.165, 1.54) is 6.08 Å². The Morgan fingerprint density at radius 1 is 1.50 bits per heavy atom. The van der Waals surface area contributed by atoms with Crippen LogP contribution in [0.4, 0.5) is 0 Å². The fraction of sp³-hybridized carbons (Fsp3) is 0.200. The minimum absolute atomic E-state index is 0.00246. The van der Waals surface area contributed by atoms with Gasteiger partial charge in [0.25, 0.3) is 0 Å². The molecule has 104 valence electrons. The van der Waals surface area contributed by atoms with Crippen LogP contribution >= 0.6 is 11.6 Å². The quantitative estimate of drug-likeness (QED) is 0.618. The molecule has 0 bridgehead atoms. The van der Waals surface area contributed by atoms with Gasteiger partial charge < -0.3 is 9.47 Å². The third kappa shape index (κ3) is 3.48. The highest BCUT2D eigenvalue weighted by Gasteiger charge is 2.27. The summed E-state index contributed by atoms with van der Waals surface area (Å²) in [6.07, 6.45) is 2.65. The maximum absolute atomic E-state index is 11.8. The molecule has 0 spiro atoms. The van der Waals surface area contributed by atoms with Gasteiger partial charge in [-0.05, 0) is 23.8 Å².